The molecule has 0 fully saturated rings. The van der Waals surface area contributed by atoms with E-state index in [1.165, 1.54) is 11.8 Å². The number of hydrogen-bond acceptors (Lipinski definition) is 5. The van der Waals surface area contributed by atoms with Gasteiger partial charge in [0.05, 0.1) is 16.3 Å². The van der Waals surface area contributed by atoms with Crippen LogP contribution in [0.5, 0.6) is 11.5 Å². The summed E-state index contributed by atoms with van der Waals surface area (Å²) in [6.45, 7) is 1.97. The number of anilines is 1. The molecule has 5 rings (SSSR count). The molecule has 0 saturated heterocycles. The van der Waals surface area contributed by atoms with E-state index in [0.717, 1.165) is 15.8 Å². The third-order valence-electron chi connectivity index (χ3n) is 5.75. The van der Waals surface area contributed by atoms with E-state index in [4.69, 9.17) is 32.7 Å². The lowest BCUT2D eigenvalue weighted by Crippen LogP contribution is -2.27. The molecule has 190 valence electrons. The summed E-state index contributed by atoms with van der Waals surface area (Å²) in [4.78, 5) is 26.2. The third kappa shape index (κ3) is 5.98. The van der Waals surface area contributed by atoms with Crippen LogP contribution >= 0.6 is 35.0 Å². The zero-order valence-electron chi connectivity index (χ0n) is 19.6. The second-order valence-corrected chi connectivity index (χ2v) is 10.1. The molecule has 4 aromatic rings. The first-order valence-electron chi connectivity index (χ1n) is 11.6. The highest BCUT2D eigenvalue weighted by molar-refractivity contribution is 8.00. The Bertz CT molecular complexity index is 1470. The Morgan fingerprint density at radius 1 is 0.973 bits per heavy atom. The van der Waals surface area contributed by atoms with Crippen LogP contribution in [-0.2, 0) is 11.3 Å². The Morgan fingerprint density at radius 3 is 2.62 bits per heavy atom. The van der Waals surface area contributed by atoms with Crippen LogP contribution < -0.4 is 20.1 Å². The van der Waals surface area contributed by atoms with Crippen molar-refractivity contribution in [2.75, 3.05) is 30.8 Å². The molecule has 0 spiro atoms. The number of hydrogen-bond donors (Lipinski definition) is 2. The van der Waals surface area contributed by atoms with Gasteiger partial charge >= 0.3 is 0 Å². The SMILES string of the molecule is O=C(CSc1cn(CCNC(=O)c2ccc(Cl)cc2Cl)c2ccccc12)Nc1ccc2c(c1)OCCO2. The first kappa shape index (κ1) is 25.3. The number of halogens is 2. The maximum atomic E-state index is 12.6. The number of para-hydroxylation sites is 1. The van der Waals surface area contributed by atoms with E-state index in [1.807, 2.05) is 30.5 Å². The summed E-state index contributed by atoms with van der Waals surface area (Å²) in [7, 11) is 0. The molecular formula is C27H23Cl2N3O4S. The van der Waals surface area contributed by atoms with Gasteiger partial charge in [-0.15, -0.1) is 11.8 Å². The van der Waals surface area contributed by atoms with Gasteiger partial charge in [-0.05, 0) is 36.4 Å². The average molecular weight is 556 g/mol. The van der Waals surface area contributed by atoms with Gasteiger partial charge in [0.25, 0.3) is 5.91 Å². The number of ether oxygens (including phenoxy) is 2. The van der Waals surface area contributed by atoms with E-state index in [2.05, 4.69) is 15.2 Å². The number of fused-ring (bicyclic) bond motifs is 2. The van der Waals surface area contributed by atoms with Crippen molar-refractivity contribution in [2.24, 2.45) is 0 Å². The molecule has 7 nitrogen and oxygen atoms in total. The van der Waals surface area contributed by atoms with Gasteiger partial charge in [0.1, 0.15) is 13.2 Å². The van der Waals surface area contributed by atoms with Crippen LogP contribution in [0, 0.1) is 0 Å². The minimum Gasteiger partial charge on any atom is -0.486 e. The van der Waals surface area contributed by atoms with E-state index < -0.39 is 0 Å². The van der Waals surface area contributed by atoms with Crippen molar-refractivity contribution in [3.63, 3.8) is 0 Å². The van der Waals surface area contributed by atoms with E-state index in [9.17, 15) is 9.59 Å². The van der Waals surface area contributed by atoms with Crippen molar-refractivity contribution in [1.82, 2.24) is 9.88 Å². The van der Waals surface area contributed by atoms with Crippen LogP contribution in [0.4, 0.5) is 5.69 Å². The standard InChI is InChI=1S/C27H23Cl2N3O4S/c28-17-5-7-19(21(29)13-17)27(34)30-9-10-32-15-25(20-3-1-2-4-22(20)32)37-16-26(33)31-18-6-8-23-24(14-18)36-12-11-35-23/h1-8,13-15H,9-12,16H2,(H,30,34)(H,31,33). The molecule has 1 aliphatic heterocycles. The molecule has 0 aliphatic carbocycles. The summed E-state index contributed by atoms with van der Waals surface area (Å²) in [5.41, 5.74) is 2.06. The lowest BCUT2D eigenvalue weighted by molar-refractivity contribution is -0.113. The fraction of sp³-hybridized carbons (Fsp3) is 0.185. The van der Waals surface area contributed by atoms with Gasteiger partial charge in [-0.3, -0.25) is 9.59 Å². The minimum absolute atomic E-state index is 0.120. The van der Waals surface area contributed by atoms with Crippen LogP contribution in [0.2, 0.25) is 10.0 Å². The number of nitrogens with one attached hydrogen (secondary N) is 2. The molecular weight excluding hydrogens is 533 g/mol. The second kappa shape index (κ2) is 11.4. The zero-order valence-corrected chi connectivity index (χ0v) is 22.0. The van der Waals surface area contributed by atoms with Crippen molar-refractivity contribution in [1.29, 1.82) is 0 Å². The van der Waals surface area contributed by atoms with Crippen LogP contribution in [-0.4, -0.2) is 41.9 Å². The number of aromatic nitrogens is 1. The molecule has 10 heteroatoms. The number of carbonyl (C=O) groups excluding carboxylic acids is 2. The molecule has 3 aromatic carbocycles. The molecule has 2 N–H and O–H groups in total. The number of nitrogens with zero attached hydrogens (tertiary/aromatic N) is 1. The van der Waals surface area contributed by atoms with Gasteiger partial charge < -0.3 is 24.7 Å². The molecule has 0 unspecified atom stereocenters. The summed E-state index contributed by atoms with van der Waals surface area (Å²) >= 11 is 13.5. The molecule has 0 radical (unpaired) electrons. The zero-order chi connectivity index (χ0) is 25.8. The topological polar surface area (TPSA) is 81.6 Å². The van der Waals surface area contributed by atoms with E-state index in [1.54, 1.807) is 36.4 Å². The molecule has 0 atom stereocenters. The van der Waals surface area contributed by atoms with Gasteiger partial charge in [0.2, 0.25) is 5.91 Å². The quantitative estimate of drug-likeness (QED) is 0.265. The molecule has 0 saturated carbocycles. The molecule has 2 amide bonds. The van der Waals surface area contributed by atoms with E-state index >= 15 is 0 Å². The lowest BCUT2D eigenvalue weighted by atomic mass is 10.2. The van der Waals surface area contributed by atoms with Crippen molar-refractivity contribution < 1.29 is 19.1 Å². The number of carbonyl (C=O) groups is 2. The van der Waals surface area contributed by atoms with Gasteiger partial charge in [0, 0.05) is 51.9 Å². The summed E-state index contributed by atoms with van der Waals surface area (Å²) in [5, 5.41) is 7.66. The molecule has 37 heavy (non-hydrogen) atoms. The lowest BCUT2D eigenvalue weighted by Gasteiger charge is -2.19. The van der Waals surface area contributed by atoms with Crippen LogP contribution in [0.1, 0.15) is 10.4 Å². The Hall–Kier alpha value is -3.33. The number of thioether (sulfide) groups is 1. The van der Waals surface area contributed by atoms with Crippen molar-refractivity contribution in [3.8, 4) is 11.5 Å². The molecule has 1 aromatic heterocycles. The van der Waals surface area contributed by atoms with E-state index in [-0.39, 0.29) is 17.6 Å². The maximum Gasteiger partial charge on any atom is 0.252 e. The monoisotopic (exact) mass is 555 g/mol. The number of amides is 2. The summed E-state index contributed by atoms with van der Waals surface area (Å²) in [5.74, 6) is 1.17. The van der Waals surface area contributed by atoms with Crippen LogP contribution in [0.3, 0.4) is 0 Å². The summed E-state index contributed by atoms with van der Waals surface area (Å²) < 4.78 is 13.2. The Morgan fingerprint density at radius 2 is 1.78 bits per heavy atom. The van der Waals surface area contributed by atoms with Crippen molar-refractivity contribution >= 4 is 63.4 Å². The predicted octanol–water partition coefficient (Wildman–Crippen LogP) is 5.88. The molecule has 2 heterocycles. The second-order valence-electron chi connectivity index (χ2n) is 8.28. The van der Waals surface area contributed by atoms with Gasteiger partial charge in [-0.1, -0.05) is 41.4 Å². The third-order valence-corrected chi connectivity index (χ3v) is 7.34. The fourth-order valence-electron chi connectivity index (χ4n) is 4.03. The molecule has 0 bridgehead atoms. The highest BCUT2D eigenvalue weighted by atomic mass is 35.5. The highest BCUT2D eigenvalue weighted by Crippen LogP contribution is 2.33. The number of rotatable bonds is 8. The minimum atomic E-state index is -0.261. The Kier molecular flexibility index (Phi) is 7.79. The van der Waals surface area contributed by atoms with Crippen LogP contribution in [0.25, 0.3) is 10.9 Å². The normalized spacial score (nSPS) is 12.4. The van der Waals surface area contributed by atoms with Crippen molar-refractivity contribution in [3.05, 3.63) is 82.5 Å². The highest BCUT2D eigenvalue weighted by Gasteiger charge is 2.15. The summed E-state index contributed by atoms with van der Waals surface area (Å²) in [6.07, 6.45) is 2.01. The smallest absolute Gasteiger partial charge is 0.252 e. The fourth-order valence-corrected chi connectivity index (χ4v) is 5.42. The Labute approximate surface area is 228 Å². The number of benzene rings is 3. The van der Waals surface area contributed by atoms with Gasteiger partial charge in [-0.2, -0.15) is 0 Å². The van der Waals surface area contributed by atoms with Gasteiger partial charge in [-0.25, -0.2) is 0 Å². The maximum absolute atomic E-state index is 12.6. The summed E-state index contributed by atoms with van der Waals surface area (Å²) in [6, 6.07) is 18.1. The van der Waals surface area contributed by atoms with Gasteiger partial charge in [0.15, 0.2) is 11.5 Å². The van der Waals surface area contributed by atoms with Crippen LogP contribution in [0.15, 0.2) is 71.8 Å². The van der Waals surface area contributed by atoms with E-state index in [0.29, 0.717) is 59.1 Å². The Balaban J connectivity index is 1.20. The molecule has 1 aliphatic rings. The predicted molar refractivity (Wildman–Crippen MR) is 148 cm³/mol. The average Bonchev–Trinajstić information content (AvgIpc) is 3.25. The van der Waals surface area contributed by atoms with Crippen molar-refractivity contribution in [2.45, 2.75) is 11.4 Å². The first-order chi connectivity index (χ1) is 18.0. The first-order valence-corrected chi connectivity index (χ1v) is 13.4. The largest absolute Gasteiger partial charge is 0.486 e.